The summed E-state index contributed by atoms with van der Waals surface area (Å²) in [4.78, 5) is 4.00. The topological polar surface area (TPSA) is 6.48 Å². The normalized spacial score (nSPS) is 7.20. The first-order valence-electron chi connectivity index (χ1n) is 2.68. The minimum Gasteiger partial charge on any atom is -0.312 e. The molecular formula is C6H20I2N2. The molecule has 0 rings (SSSR count). The molecule has 0 aliphatic rings. The molecule has 68 valence electrons. The molecule has 0 amide bonds. The maximum Gasteiger partial charge on any atom is -0.0140 e. The standard InChI is InChI=1S/2C3H9N.2HI/c2*1-4(2)3;;/h2*1-3H3;2*1H. The summed E-state index contributed by atoms with van der Waals surface area (Å²) >= 11 is 0. The number of hydrogen-bond donors (Lipinski definition) is 0. The van der Waals surface area contributed by atoms with Crippen LogP contribution in [-0.2, 0) is 0 Å². The third kappa shape index (κ3) is 346. The summed E-state index contributed by atoms with van der Waals surface area (Å²) in [5.41, 5.74) is 0. The van der Waals surface area contributed by atoms with Crippen LogP contribution < -0.4 is 0 Å². The predicted molar refractivity (Wildman–Crippen MR) is 70.1 cm³/mol. The van der Waals surface area contributed by atoms with Crippen LogP contribution in [0, 0.1) is 0 Å². The number of hydrogen-bond acceptors (Lipinski definition) is 2. The van der Waals surface area contributed by atoms with Crippen LogP contribution in [-0.4, -0.2) is 52.1 Å². The van der Waals surface area contributed by atoms with Gasteiger partial charge in [-0.1, -0.05) is 0 Å². The summed E-state index contributed by atoms with van der Waals surface area (Å²) in [6.07, 6.45) is 0. The number of rotatable bonds is 0. The van der Waals surface area contributed by atoms with Gasteiger partial charge in [-0.2, -0.15) is 0 Å². The second-order valence-electron chi connectivity index (χ2n) is 2.68. The molecule has 0 saturated heterocycles. The SMILES string of the molecule is CN(C)C.CN(C)C.I.I. The molecule has 0 N–H and O–H groups in total. The molecule has 0 aliphatic carbocycles. The Morgan fingerprint density at radius 3 is 0.500 bits per heavy atom. The molecule has 0 aliphatic heterocycles. The van der Waals surface area contributed by atoms with Crippen molar-refractivity contribution in [2.45, 2.75) is 0 Å². The van der Waals surface area contributed by atoms with Gasteiger partial charge in [0.2, 0.25) is 0 Å². The zero-order valence-electron chi connectivity index (χ0n) is 7.71. The Morgan fingerprint density at radius 2 is 0.500 bits per heavy atom. The first kappa shape index (κ1) is 22.5. The van der Waals surface area contributed by atoms with E-state index in [0.717, 1.165) is 0 Å². The Morgan fingerprint density at radius 1 is 0.500 bits per heavy atom. The second-order valence-corrected chi connectivity index (χ2v) is 2.68. The molecule has 0 aromatic carbocycles. The second kappa shape index (κ2) is 16.8. The number of nitrogens with zero attached hydrogens (tertiary/aromatic N) is 2. The Balaban J connectivity index is -0.0000000300. The van der Waals surface area contributed by atoms with Gasteiger partial charge in [-0.15, -0.1) is 48.0 Å². The highest BCUT2D eigenvalue weighted by Gasteiger charge is 1.58. The molecule has 0 aromatic rings. The van der Waals surface area contributed by atoms with Crippen molar-refractivity contribution in [1.29, 1.82) is 0 Å². The lowest BCUT2D eigenvalue weighted by Gasteiger charge is -1.90. The van der Waals surface area contributed by atoms with Gasteiger partial charge in [0, 0.05) is 0 Å². The summed E-state index contributed by atoms with van der Waals surface area (Å²) in [5.74, 6) is 0. The van der Waals surface area contributed by atoms with E-state index in [1.807, 2.05) is 52.1 Å². The molecule has 0 aromatic heterocycles. The molecule has 2 nitrogen and oxygen atoms in total. The summed E-state index contributed by atoms with van der Waals surface area (Å²) in [5, 5.41) is 0. The van der Waals surface area contributed by atoms with Gasteiger partial charge in [0.1, 0.15) is 0 Å². The molecule has 0 bridgehead atoms. The van der Waals surface area contributed by atoms with Crippen molar-refractivity contribution in [2.75, 3.05) is 42.3 Å². The molecule has 0 unspecified atom stereocenters. The van der Waals surface area contributed by atoms with E-state index >= 15 is 0 Å². The van der Waals surface area contributed by atoms with Crippen molar-refractivity contribution in [1.82, 2.24) is 9.80 Å². The first-order chi connectivity index (χ1) is 3.46. The van der Waals surface area contributed by atoms with Crippen LogP contribution in [0.2, 0.25) is 0 Å². The minimum absolute atomic E-state index is 0. The highest BCUT2D eigenvalue weighted by molar-refractivity contribution is 14.0. The van der Waals surface area contributed by atoms with Crippen molar-refractivity contribution >= 4 is 48.0 Å². The molecule has 0 atom stereocenters. The maximum absolute atomic E-state index is 2.00. The first-order valence-corrected chi connectivity index (χ1v) is 2.68. The Bertz CT molecular complexity index is 29.2. The van der Waals surface area contributed by atoms with Crippen LogP contribution in [0.3, 0.4) is 0 Å². The third-order valence-corrected chi connectivity index (χ3v) is 0. The predicted octanol–water partition coefficient (Wildman–Crippen LogP) is 1.59. The zero-order valence-corrected chi connectivity index (χ0v) is 12.4. The average Bonchev–Trinajstić information content (AvgIpc) is 1.25. The molecule has 0 heterocycles. The summed E-state index contributed by atoms with van der Waals surface area (Å²) < 4.78 is 0. The quantitative estimate of drug-likeness (QED) is 0.595. The van der Waals surface area contributed by atoms with E-state index in [1.54, 1.807) is 0 Å². The van der Waals surface area contributed by atoms with Gasteiger partial charge in [0.05, 0.1) is 0 Å². The Kier molecular flexibility index (Phi) is 37.7. The van der Waals surface area contributed by atoms with Crippen molar-refractivity contribution in [3.8, 4) is 0 Å². The van der Waals surface area contributed by atoms with Crippen LogP contribution in [0.4, 0.5) is 0 Å². The lowest BCUT2D eigenvalue weighted by atomic mass is 11.0. The van der Waals surface area contributed by atoms with Crippen molar-refractivity contribution in [3.05, 3.63) is 0 Å². The molecule has 4 heteroatoms. The van der Waals surface area contributed by atoms with Crippen molar-refractivity contribution in [2.24, 2.45) is 0 Å². The van der Waals surface area contributed by atoms with E-state index in [9.17, 15) is 0 Å². The fraction of sp³-hybridized carbons (Fsp3) is 1.00. The van der Waals surface area contributed by atoms with E-state index in [-0.39, 0.29) is 48.0 Å². The lowest BCUT2D eigenvalue weighted by molar-refractivity contribution is 0.505. The van der Waals surface area contributed by atoms with E-state index in [2.05, 4.69) is 0 Å². The van der Waals surface area contributed by atoms with Crippen LogP contribution >= 0.6 is 48.0 Å². The van der Waals surface area contributed by atoms with E-state index in [1.165, 1.54) is 0 Å². The van der Waals surface area contributed by atoms with Crippen LogP contribution in [0.25, 0.3) is 0 Å². The van der Waals surface area contributed by atoms with Crippen LogP contribution in [0.1, 0.15) is 0 Å². The molecule has 10 heavy (non-hydrogen) atoms. The zero-order chi connectivity index (χ0) is 7.15. The smallest absolute Gasteiger partial charge is 0.0140 e. The van der Waals surface area contributed by atoms with Gasteiger partial charge < -0.3 is 9.80 Å². The highest BCUT2D eigenvalue weighted by atomic mass is 127. The van der Waals surface area contributed by atoms with Crippen molar-refractivity contribution < 1.29 is 0 Å². The van der Waals surface area contributed by atoms with Gasteiger partial charge >= 0.3 is 0 Å². The van der Waals surface area contributed by atoms with Crippen LogP contribution in [0.5, 0.6) is 0 Å². The summed E-state index contributed by atoms with van der Waals surface area (Å²) in [6, 6.07) is 0. The van der Waals surface area contributed by atoms with Gasteiger partial charge in [-0.3, -0.25) is 0 Å². The summed E-state index contributed by atoms with van der Waals surface area (Å²) in [6.45, 7) is 0. The molecule has 0 radical (unpaired) electrons. The maximum atomic E-state index is 2.00. The number of halogens is 2. The van der Waals surface area contributed by atoms with Gasteiger partial charge in [-0.25, -0.2) is 0 Å². The molecule has 0 fully saturated rings. The van der Waals surface area contributed by atoms with E-state index in [0.29, 0.717) is 0 Å². The lowest BCUT2D eigenvalue weighted by Crippen LogP contribution is -1.99. The van der Waals surface area contributed by atoms with Crippen LogP contribution in [0.15, 0.2) is 0 Å². The van der Waals surface area contributed by atoms with Gasteiger partial charge in [0.15, 0.2) is 0 Å². The third-order valence-electron chi connectivity index (χ3n) is 0. The monoisotopic (exact) mass is 374 g/mol. The van der Waals surface area contributed by atoms with Gasteiger partial charge in [0.25, 0.3) is 0 Å². The minimum atomic E-state index is 0. The fourth-order valence-electron chi connectivity index (χ4n) is 0. The van der Waals surface area contributed by atoms with E-state index < -0.39 is 0 Å². The van der Waals surface area contributed by atoms with E-state index in [4.69, 9.17) is 0 Å². The largest absolute Gasteiger partial charge is 0.312 e. The Hall–Kier alpha value is 1.38. The Labute approximate surface area is 99.4 Å². The summed E-state index contributed by atoms with van der Waals surface area (Å²) in [7, 11) is 12.0. The molecule has 0 spiro atoms. The molecular weight excluding hydrogens is 354 g/mol. The molecule has 0 saturated carbocycles. The highest BCUT2D eigenvalue weighted by Crippen LogP contribution is 1.48. The van der Waals surface area contributed by atoms with Gasteiger partial charge in [-0.05, 0) is 42.3 Å². The fourth-order valence-corrected chi connectivity index (χ4v) is 0. The van der Waals surface area contributed by atoms with Crippen molar-refractivity contribution in [3.63, 3.8) is 0 Å². The average molecular weight is 374 g/mol.